The summed E-state index contributed by atoms with van der Waals surface area (Å²) in [5.41, 5.74) is 2.45. The van der Waals surface area contributed by atoms with Crippen molar-refractivity contribution in [2.45, 2.75) is 0 Å². The molecule has 1 heterocycles. The Labute approximate surface area is 104 Å². The summed E-state index contributed by atoms with van der Waals surface area (Å²) in [7, 11) is 0. The smallest absolute Gasteiger partial charge is 0.255 e. The molecule has 3 heteroatoms. The van der Waals surface area contributed by atoms with Crippen LogP contribution in [0.15, 0.2) is 54.7 Å². The number of benzene rings is 2. The van der Waals surface area contributed by atoms with Crippen LogP contribution in [0.2, 0.25) is 0 Å². The van der Waals surface area contributed by atoms with E-state index in [0.717, 1.165) is 16.6 Å². The molecule has 87 valence electrons. The van der Waals surface area contributed by atoms with E-state index >= 15 is 0 Å². The van der Waals surface area contributed by atoms with Gasteiger partial charge in [-0.1, -0.05) is 18.2 Å². The number of H-pyrrole nitrogens is 1. The fourth-order valence-electron chi connectivity index (χ4n) is 1.93. The lowest BCUT2D eigenvalue weighted by Gasteiger charge is -2.06. The van der Waals surface area contributed by atoms with Gasteiger partial charge in [-0.3, -0.25) is 4.79 Å². The van der Waals surface area contributed by atoms with E-state index in [9.17, 15) is 4.79 Å². The van der Waals surface area contributed by atoms with Crippen LogP contribution in [0.25, 0.3) is 10.9 Å². The van der Waals surface area contributed by atoms with Crippen LogP contribution >= 0.6 is 0 Å². The van der Waals surface area contributed by atoms with Crippen molar-refractivity contribution in [3.05, 3.63) is 66.4 Å². The number of hydrogen-bond donors (Lipinski definition) is 2. The molecule has 0 saturated carbocycles. The Morgan fingerprint density at radius 3 is 2.78 bits per heavy atom. The van der Waals surface area contributed by atoms with E-state index in [0.29, 0.717) is 5.56 Å². The van der Waals surface area contributed by atoms with Gasteiger partial charge in [0, 0.05) is 22.7 Å². The second-order valence-electron chi connectivity index (χ2n) is 3.99. The van der Waals surface area contributed by atoms with Crippen LogP contribution in [0.5, 0.6) is 0 Å². The zero-order valence-corrected chi connectivity index (χ0v) is 9.60. The predicted octanol–water partition coefficient (Wildman–Crippen LogP) is 3.22. The van der Waals surface area contributed by atoms with Gasteiger partial charge in [0.1, 0.15) is 0 Å². The van der Waals surface area contributed by atoms with Gasteiger partial charge >= 0.3 is 0 Å². The normalized spacial score (nSPS) is 10.4. The van der Waals surface area contributed by atoms with Crippen LogP contribution in [-0.4, -0.2) is 10.9 Å². The van der Waals surface area contributed by atoms with Gasteiger partial charge in [-0.2, -0.15) is 0 Å². The third-order valence-corrected chi connectivity index (χ3v) is 2.82. The highest BCUT2D eigenvalue weighted by atomic mass is 16.1. The maximum absolute atomic E-state index is 12.0. The Kier molecular flexibility index (Phi) is 2.57. The number of amides is 1. The summed E-state index contributed by atoms with van der Waals surface area (Å²) in [5, 5.41) is 3.92. The van der Waals surface area contributed by atoms with E-state index in [4.69, 9.17) is 0 Å². The molecular formula is C15H11N2O. The molecule has 2 aromatic carbocycles. The second-order valence-corrected chi connectivity index (χ2v) is 3.99. The third-order valence-electron chi connectivity index (χ3n) is 2.82. The van der Waals surface area contributed by atoms with Crippen LogP contribution in [0.4, 0.5) is 5.69 Å². The SMILES string of the molecule is O=C(Nc1cccc2[nH]ccc12)c1cc[c]cc1. The average molecular weight is 235 g/mol. The highest BCUT2D eigenvalue weighted by Crippen LogP contribution is 2.22. The molecule has 2 N–H and O–H groups in total. The van der Waals surface area contributed by atoms with E-state index in [2.05, 4.69) is 16.4 Å². The van der Waals surface area contributed by atoms with Crippen LogP contribution in [-0.2, 0) is 0 Å². The Bertz CT molecular complexity index is 686. The Hall–Kier alpha value is -2.55. The molecule has 3 aromatic rings. The van der Waals surface area contributed by atoms with Crippen LogP contribution in [0.1, 0.15) is 10.4 Å². The second kappa shape index (κ2) is 4.37. The molecule has 1 amide bonds. The lowest BCUT2D eigenvalue weighted by Crippen LogP contribution is -2.11. The van der Waals surface area contributed by atoms with Crippen molar-refractivity contribution in [2.24, 2.45) is 0 Å². The van der Waals surface area contributed by atoms with Gasteiger partial charge in [-0.05, 0) is 36.4 Å². The van der Waals surface area contributed by atoms with E-state index in [1.807, 2.05) is 30.5 Å². The van der Waals surface area contributed by atoms with Gasteiger partial charge in [-0.15, -0.1) is 0 Å². The molecule has 0 bridgehead atoms. The standard InChI is InChI=1S/C15H11N2O/c18-15(11-5-2-1-3-6-11)17-14-8-4-7-13-12(14)9-10-16-13/h2-10,16H,(H,17,18). The van der Waals surface area contributed by atoms with Gasteiger partial charge in [0.25, 0.3) is 5.91 Å². The Balaban J connectivity index is 1.93. The predicted molar refractivity (Wildman–Crippen MR) is 71.5 cm³/mol. The van der Waals surface area contributed by atoms with Crippen LogP contribution in [0.3, 0.4) is 0 Å². The molecule has 0 aliphatic carbocycles. The number of anilines is 1. The van der Waals surface area contributed by atoms with E-state index in [1.165, 1.54) is 0 Å². The highest BCUT2D eigenvalue weighted by molar-refractivity contribution is 6.08. The molecular weight excluding hydrogens is 224 g/mol. The van der Waals surface area contributed by atoms with E-state index in [1.54, 1.807) is 24.3 Å². The van der Waals surface area contributed by atoms with Crippen molar-refractivity contribution in [2.75, 3.05) is 5.32 Å². The molecule has 0 unspecified atom stereocenters. The number of aromatic nitrogens is 1. The van der Waals surface area contributed by atoms with Crippen molar-refractivity contribution in [1.82, 2.24) is 4.98 Å². The first kappa shape index (κ1) is 10.6. The van der Waals surface area contributed by atoms with Gasteiger partial charge in [0.15, 0.2) is 0 Å². The Morgan fingerprint density at radius 1 is 1.11 bits per heavy atom. The van der Waals surface area contributed by atoms with Crippen molar-refractivity contribution >= 4 is 22.5 Å². The number of fused-ring (bicyclic) bond motifs is 1. The molecule has 0 atom stereocenters. The van der Waals surface area contributed by atoms with Crippen molar-refractivity contribution in [3.8, 4) is 0 Å². The van der Waals surface area contributed by atoms with Gasteiger partial charge in [-0.25, -0.2) is 0 Å². The molecule has 18 heavy (non-hydrogen) atoms. The van der Waals surface area contributed by atoms with E-state index < -0.39 is 0 Å². The fraction of sp³-hybridized carbons (Fsp3) is 0. The maximum atomic E-state index is 12.0. The minimum atomic E-state index is -0.113. The number of rotatable bonds is 2. The third kappa shape index (κ3) is 1.86. The highest BCUT2D eigenvalue weighted by Gasteiger charge is 2.07. The lowest BCUT2D eigenvalue weighted by atomic mass is 10.2. The number of hydrogen-bond acceptors (Lipinski definition) is 1. The first-order valence-corrected chi connectivity index (χ1v) is 5.68. The number of carbonyl (C=O) groups is 1. The summed E-state index contributed by atoms with van der Waals surface area (Å²) in [5.74, 6) is -0.113. The van der Waals surface area contributed by atoms with Crippen molar-refractivity contribution in [3.63, 3.8) is 0 Å². The first-order chi connectivity index (χ1) is 8.84. The molecule has 0 saturated heterocycles. The molecule has 1 radical (unpaired) electrons. The van der Waals surface area contributed by atoms with Gasteiger partial charge < -0.3 is 10.3 Å². The molecule has 0 aliphatic rings. The molecule has 3 rings (SSSR count). The largest absolute Gasteiger partial charge is 0.361 e. The summed E-state index contributed by atoms with van der Waals surface area (Å²) in [6.45, 7) is 0. The minimum Gasteiger partial charge on any atom is -0.361 e. The van der Waals surface area contributed by atoms with Gasteiger partial charge in [0.05, 0.1) is 5.69 Å². The molecule has 1 aromatic heterocycles. The minimum absolute atomic E-state index is 0.113. The van der Waals surface area contributed by atoms with Crippen LogP contribution < -0.4 is 5.32 Å². The zero-order chi connectivity index (χ0) is 12.4. The lowest BCUT2D eigenvalue weighted by molar-refractivity contribution is 0.102. The first-order valence-electron chi connectivity index (χ1n) is 5.68. The molecule has 0 aliphatic heterocycles. The van der Waals surface area contributed by atoms with Crippen molar-refractivity contribution < 1.29 is 4.79 Å². The monoisotopic (exact) mass is 235 g/mol. The summed E-state index contributed by atoms with van der Waals surface area (Å²) in [4.78, 5) is 15.2. The summed E-state index contributed by atoms with van der Waals surface area (Å²) >= 11 is 0. The quantitative estimate of drug-likeness (QED) is 0.703. The summed E-state index contributed by atoms with van der Waals surface area (Å²) in [6.07, 6.45) is 1.86. The van der Waals surface area contributed by atoms with Gasteiger partial charge in [0.2, 0.25) is 0 Å². The zero-order valence-electron chi connectivity index (χ0n) is 9.60. The average Bonchev–Trinajstić information content (AvgIpc) is 2.89. The number of nitrogens with one attached hydrogen (secondary N) is 2. The topological polar surface area (TPSA) is 44.9 Å². The molecule has 3 nitrogen and oxygen atoms in total. The maximum Gasteiger partial charge on any atom is 0.255 e. The molecule has 0 spiro atoms. The Morgan fingerprint density at radius 2 is 1.94 bits per heavy atom. The summed E-state index contributed by atoms with van der Waals surface area (Å²) < 4.78 is 0. The number of aromatic amines is 1. The van der Waals surface area contributed by atoms with Crippen molar-refractivity contribution in [1.29, 1.82) is 0 Å². The molecule has 0 fully saturated rings. The fourth-order valence-corrected chi connectivity index (χ4v) is 1.93. The summed E-state index contributed by atoms with van der Waals surface area (Å²) in [6, 6.07) is 17.6. The number of carbonyl (C=O) groups excluding carboxylic acids is 1. The van der Waals surface area contributed by atoms with E-state index in [-0.39, 0.29) is 5.91 Å². The van der Waals surface area contributed by atoms with Crippen LogP contribution in [0, 0.1) is 6.07 Å².